The second-order valence-corrected chi connectivity index (χ2v) is 3.29. The Balaban J connectivity index is 0. The number of carbonyl (C=O) groups excluding carboxylic acids is 3. The van der Waals surface area contributed by atoms with Crippen LogP contribution in [0.25, 0.3) is 0 Å². The molecule has 20 heavy (non-hydrogen) atoms. The Kier molecular flexibility index (Phi) is 7.04. The first-order valence-electron chi connectivity index (χ1n) is 4.12. The van der Waals surface area contributed by atoms with Gasteiger partial charge in [0.2, 0.25) is 6.71 Å². The third-order valence-electron chi connectivity index (χ3n) is 1.91. The smallest absolute Gasteiger partial charge is 0.336 e. The van der Waals surface area contributed by atoms with Gasteiger partial charge in [0, 0.05) is 0 Å². The fourth-order valence-electron chi connectivity index (χ4n) is 1.04. The van der Waals surface area contributed by atoms with E-state index in [1.165, 1.54) is 0 Å². The second-order valence-electron chi connectivity index (χ2n) is 3.29. The van der Waals surface area contributed by atoms with E-state index in [1.807, 2.05) is 0 Å². The zero-order valence-electron chi connectivity index (χ0n) is 9.33. The van der Waals surface area contributed by atoms with Crippen molar-refractivity contribution in [1.29, 1.82) is 0 Å². The summed E-state index contributed by atoms with van der Waals surface area (Å²) >= 11 is 0. The first-order chi connectivity index (χ1) is 8.10. The minimum atomic E-state index is -6.16. The summed E-state index contributed by atoms with van der Waals surface area (Å²) in [4.78, 5) is 31.2. The zero-order valence-corrected chi connectivity index (χ0v) is 11.3. The Morgan fingerprint density at radius 3 is 0.800 bits per heavy atom. The predicted molar refractivity (Wildman–Crippen MR) is 40.3 cm³/mol. The van der Waals surface area contributed by atoms with Crippen LogP contribution in [0.1, 0.15) is 0 Å². The standard InChI is InChI=1S/C6HBF9O3.Na/c8-4(9,10)1(17)7(2(18)5(11,12)13)3(19)6(14,15)16;/h7H;/q-1;+1. The maximum absolute atomic E-state index is 11.8. The van der Waals surface area contributed by atoms with Crippen LogP contribution in [0.2, 0.25) is 0 Å². The summed E-state index contributed by atoms with van der Waals surface area (Å²) in [5, 5.41) is 0. The predicted octanol–water partition coefficient (Wildman–Crippen LogP) is -1.77. The molecule has 0 aliphatic heterocycles. The van der Waals surface area contributed by atoms with Crippen LogP contribution in [0.3, 0.4) is 0 Å². The van der Waals surface area contributed by atoms with Crippen LogP contribution in [0.5, 0.6) is 0 Å². The number of halogens is 9. The third kappa shape index (κ3) is 5.44. The van der Waals surface area contributed by atoms with Crippen LogP contribution >= 0.6 is 0 Å². The van der Waals surface area contributed by atoms with Crippen LogP contribution in [0.15, 0.2) is 0 Å². The molecule has 0 aliphatic rings. The summed E-state index contributed by atoms with van der Waals surface area (Å²) in [6.45, 7) is -5.52. The molecule has 0 radical (unpaired) electrons. The summed E-state index contributed by atoms with van der Waals surface area (Å²) in [6, 6.07) is 0. The van der Waals surface area contributed by atoms with Crippen LogP contribution in [0.4, 0.5) is 39.5 Å². The summed E-state index contributed by atoms with van der Waals surface area (Å²) < 4.78 is 106. The van der Waals surface area contributed by atoms with E-state index in [-0.39, 0.29) is 29.6 Å². The summed E-state index contributed by atoms with van der Waals surface area (Å²) in [5.74, 6) is 0. The molecule has 14 heteroatoms. The van der Waals surface area contributed by atoms with Crippen molar-refractivity contribution in [3.63, 3.8) is 0 Å². The molecular formula is C6HBF9NaO3. The SMILES string of the molecule is O=C([BH-](C(=O)C(F)(F)F)C(=O)C(F)(F)F)C(F)(F)F.[Na+]. The topological polar surface area (TPSA) is 51.2 Å². The van der Waals surface area contributed by atoms with E-state index >= 15 is 0 Å². The van der Waals surface area contributed by atoms with Crippen molar-refractivity contribution in [1.82, 2.24) is 0 Å². The summed E-state index contributed by atoms with van der Waals surface area (Å²) in [7, 11) is 0. The molecule has 0 atom stereocenters. The molecular weight excluding hydrogens is 325 g/mol. The van der Waals surface area contributed by atoms with Crippen molar-refractivity contribution < 1.29 is 83.5 Å². The van der Waals surface area contributed by atoms with Crippen LogP contribution in [-0.4, -0.2) is 42.3 Å². The maximum Gasteiger partial charge on any atom is 1.00 e. The molecule has 0 N–H and O–H groups in total. The van der Waals surface area contributed by atoms with E-state index in [9.17, 15) is 53.9 Å². The van der Waals surface area contributed by atoms with E-state index < -0.39 is 42.3 Å². The van der Waals surface area contributed by atoms with Crippen molar-refractivity contribution in [3.8, 4) is 0 Å². The molecule has 0 bridgehead atoms. The Morgan fingerprint density at radius 1 is 0.550 bits per heavy atom. The number of rotatable bonds is 3. The number of carbonyl (C=O) groups is 3. The van der Waals surface area contributed by atoms with Gasteiger partial charge in [0.15, 0.2) is 0 Å². The molecule has 0 aromatic heterocycles. The largest absolute Gasteiger partial charge is 1.00 e. The van der Waals surface area contributed by atoms with Gasteiger partial charge in [-0.05, 0) is 0 Å². The average molecular weight is 326 g/mol. The normalized spacial score (nSPS) is 12.9. The van der Waals surface area contributed by atoms with Crippen LogP contribution < -0.4 is 29.6 Å². The number of hydrogen-bond donors (Lipinski definition) is 0. The minimum absolute atomic E-state index is 0. The fourth-order valence-corrected chi connectivity index (χ4v) is 1.04. The molecule has 0 saturated carbocycles. The molecule has 0 aromatic carbocycles. The van der Waals surface area contributed by atoms with Crippen molar-refractivity contribution >= 4 is 23.8 Å². The van der Waals surface area contributed by atoms with Gasteiger partial charge >= 0.3 is 48.1 Å². The monoisotopic (exact) mass is 326 g/mol. The van der Waals surface area contributed by atoms with Gasteiger partial charge in [-0.3, -0.25) is 0 Å². The first-order valence-corrected chi connectivity index (χ1v) is 4.12. The average Bonchev–Trinajstić information content (AvgIpc) is 2.13. The van der Waals surface area contributed by atoms with E-state index in [1.54, 1.807) is 0 Å². The van der Waals surface area contributed by atoms with Crippen molar-refractivity contribution in [2.45, 2.75) is 18.5 Å². The molecule has 0 saturated heterocycles. The molecule has 0 heterocycles. The van der Waals surface area contributed by atoms with E-state index in [0.717, 1.165) is 0 Å². The fraction of sp³-hybridized carbons (Fsp3) is 0.500. The van der Waals surface area contributed by atoms with Gasteiger partial charge in [-0.25, -0.2) is 0 Å². The van der Waals surface area contributed by atoms with Crippen molar-refractivity contribution in [3.05, 3.63) is 0 Å². The maximum atomic E-state index is 11.8. The van der Waals surface area contributed by atoms with Crippen molar-refractivity contribution in [2.24, 2.45) is 0 Å². The van der Waals surface area contributed by atoms with Gasteiger partial charge in [0.1, 0.15) is 0 Å². The van der Waals surface area contributed by atoms with Gasteiger partial charge in [0.25, 0.3) is 0 Å². The van der Waals surface area contributed by atoms with Crippen LogP contribution in [-0.2, 0) is 14.4 Å². The molecule has 0 spiro atoms. The van der Waals surface area contributed by atoms with E-state index in [4.69, 9.17) is 0 Å². The Labute approximate surface area is 126 Å². The van der Waals surface area contributed by atoms with Gasteiger partial charge in [0.05, 0.1) is 17.0 Å². The second kappa shape index (κ2) is 6.47. The van der Waals surface area contributed by atoms with Crippen LogP contribution in [0, 0.1) is 0 Å². The summed E-state index contributed by atoms with van der Waals surface area (Å²) in [5.41, 5.74) is -10.9. The van der Waals surface area contributed by atoms with Gasteiger partial charge < -0.3 is 14.4 Å². The third-order valence-corrected chi connectivity index (χ3v) is 1.91. The van der Waals surface area contributed by atoms with E-state index in [2.05, 4.69) is 0 Å². The van der Waals surface area contributed by atoms with E-state index in [0.29, 0.717) is 0 Å². The molecule has 0 aliphatic carbocycles. The molecule has 0 rings (SSSR count). The molecule has 0 fully saturated rings. The van der Waals surface area contributed by atoms with Crippen molar-refractivity contribution in [2.75, 3.05) is 0 Å². The molecule has 0 amide bonds. The zero-order chi connectivity index (χ0) is 15.8. The Morgan fingerprint density at radius 2 is 0.700 bits per heavy atom. The molecule has 0 aromatic rings. The quantitative estimate of drug-likeness (QED) is 0.456. The summed E-state index contributed by atoms with van der Waals surface area (Å²) in [6.07, 6.45) is -18.5. The van der Waals surface area contributed by atoms with Gasteiger partial charge in [-0.2, -0.15) is 39.5 Å². The number of alkyl halides is 9. The molecule has 3 nitrogen and oxygen atoms in total. The van der Waals surface area contributed by atoms with Gasteiger partial charge in [-0.1, -0.05) is 0 Å². The first kappa shape index (κ1) is 21.7. The number of hydrogen-bond acceptors (Lipinski definition) is 3. The van der Waals surface area contributed by atoms with Gasteiger partial charge in [-0.15, -0.1) is 0 Å². The Hall–Kier alpha value is -0.555. The minimum Gasteiger partial charge on any atom is -0.336 e. The molecule has 110 valence electrons. The molecule has 0 unspecified atom stereocenters. The Bertz CT molecular complexity index is 348.